The summed E-state index contributed by atoms with van der Waals surface area (Å²) >= 11 is 3.74. The molecule has 0 bridgehead atoms. The Balaban J connectivity index is 1.71. The number of benzene rings is 3. The Hall–Kier alpha value is -1.42. The van der Waals surface area contributed by atoms with Crippen LogP contribution in [0, 0.1) is 0 Å². The number of halogens is 1. The molecule has 0 heterocycles. The highest BCUT2D eigenvalue weighted by atomic mass is 79.9. The molecule has 0 spiro atoms. The third-order valence-electron chi connectivity index (χ3n) is 7.81. The van der Waals surface area contributed by atoms with Crippen molar-refractivity contribution in [1.29, 1.82) is 0 Å². The summed E-state index contributed by atoms with van der Waals surface area (Å²) in [6, 6.07) is 17.3. The topological polar surface area (TPSA) is 23.5 Å². The number of rotatable bonds is 17. The molecule has 0 aliphatic rings. The predicted octanol–water partition coefficient (Wildman–Crippen LogP) is 10.2. The first kappa shape index (κ1) is 29.1. The van der Waals surface area contributed by atoms with Gasteiger partial charge in [-0.25, -0.2) is 0 Å². The molecule has 0 aliphatic carbocycles. The summed E-state index contributed by atoms with van der Waals surface area (Å²) in [6.07, 6.45) is 15.2. The van der Waals surface area contributed by atoms with Gasteiger partial charge in [-0.1, -0.05) is 130 Å². The molecule has 0 fully saturated rings. The summed E-state index contributed by atoms with van der Waals surface area (Å²) in [6.45, 7) is 8.95. The van der Waals surface area contributed by atoms with Gasteiger partial charge in [0.05, 0.1) is 6.10 Å². The number of fused-ring (bicyclic) bond motifs is 3. The fourth-order valence-corrected chi connectivity index (χ4v) is 6.04. The van der Waals surface area contributed by atoms with Crippen molar-refractivity contribution in [3.63, 3.8) is 0 Å². The fraction of sp³-hybridized carbons (Fsp3) is 0.576. The Labute approximate surface area is 228 Å². The van der Waals surface area contributed by atoms with E-state index in [9.17, 15) is 5.11 Å². The van der Waals surface area contributed by atoms with Crippen LogP contribution in [0.25, 0.3) is 21.5 Å². The summed E-state index contributed by atoms with van der Waals surface area (Å²) in [5.74, 6) is 0. The van der Waals surface area contributed by atoms with Crippen molar-refractivity contribution in [2.75, 3.05) is 13.1 Å². The predicted molar refractivity (Wildman–Crippen MR) is 162 cm³/mol. The Kier molecular flexibility index (Phi) is 12.7. The van der Waals surface area contributed by atoms with Crippen molar-refractivity contribution in [2.24, 2.45) is 0 Å². The van der Waals surface area contributed by atoms with E-state index >= 15 is 0 Å². The molecule has 0 unspecified atom stereocenters. The Morgan fingerprint density at radius 2 is 1.25 bits per heavy atom. The Morgan fingerprint density at radius 3 is 1.86 bits per heavy atom. The highest BCUT2D eigenvalue weighted by Gasteiger charge is 2.23. The largest absolute Gasteiger partial charge is 0.387 e. The van der Waals surface area contributed by atoms with Crippen LogP contribution < -0.4 is 0 Å². The van der Waals surface area contributed by atoms with Crippen molar-refractivity contribution < 1.29 is 5.11 Å². The van der Waals surface area contributed by atoms with Crippen LogP contribution in [0.1, 0.15) is 109 Å². The van der Waals surface area contributed by atoms with Crippen molar-refractivity contribution in [3.05, 3.63) is 58.6 Å². The number of aliphatic hydroxyl groups is 1. The summed E-state index contributed by atoms with van der Waals surface area (Å²) in [4.78, 5) is 2.56. The van der Waals surface area contributed by atoms with Gasteiger partial charge in [0.15, 0.2) is 0 Å². The van der Waals surface area contributed by atoms with Crippen LogP contribution in [-0.2, 0) is 0 Å². The maximum Gasteiger partial charge on any atom is 0.0942 e. The maximum atomic E-state index is 11.5. The smallest absolute Gasteiger partial charge is 0.0942 e. The fourth-order valence-electron chi connectivity index (χ4n) is 5.45. The molecule has 0 aromatic heterocycles. The molecule has 0 saturated heterocycles. The van der Waals surface area contributed by atoms with Gasteiger partial charge in [0, 0.05) is 10.5 Å². The highest BCUT2D eigenvalue weighted by molar-refractivity contribution is 9.10. The Bertz CT molecular complexity index is 1030. The molecular weight excluding hydrogens is 506 g/mol. The minimum atomic E-state index is -0.489. The van der Waals surface area contributed by atoms with Crippen molar-refractivity contribution >= 4 is 37.5 Å². The second-order valence-electron chi connectivity index (χ2n) is 10.6. The number of nitrogens with zero attached hydrogens (tertiary/aromatic N) is 1. The maximum absolute atomic E-state index is 11.5. The van der Waals surface area contributed by atoms with Gasteiger partial charge < -0.3 is 5.11 Å². The second-order valence-corrected chi connectivity index (χ2v) is 11.5. The Morgan fingerprint density at radius 1 is 0.694 bits per heavy atom. The van der Waals surface area contributed by atoms with E-state index in [0.717, 1.165) is 23.1 Å². The third-order valence-corrected chi connectivity index (χ3v) is 8.46. The quantitative estimate of drug-likeness (QED) is 0.133. The molecule has 2 nitrogen and oxygen atoms in total. The lowest BCUT2D eigenvalue weighted by atomic mass is 9.95. The van der Waals surface area contributed by atoms with E-state index in [1.54, 1.807) is 0 Å². The number of aliphatic hydroxyl groups excluding tert-OH is 1. The first-order valence-electron chi connectivity index (χ1n) is 14.6. The monoisotopic (exact) mass is 553 g/mol. The van der Waals surface area contributed by atoms with Crippen LogP contribution in [0.2, 0.25) is 0 Å². The van der Waals surface area contributed by atoms with E-state index in [4.69, 9.17) is 0 Å². The molecule has 0 aliphatic heterocycles. The molecule has 3 aromatic rings. The molecule has 3 rings (SSSR count). The SMILES string of the molecule is CCCCCCCCN(CCCCCCCC)[C@H](C)[C@H](O)c1ccc2cc(Br)c3ccccc3c2c1. The van der Waals surface area contributed by atoms with Crippen molar-refractivity contribution in [3.8, 4) is 0 Å². The first-order valence-corrected chi connectivity index (χ1v) is 15.4. The number of unbranched alkanes of at least 4 members (excludes halogenated alkanes) is 10. The van der Waals surface area contributed by atoms with Gasteiger partial charge in [-0.15, -0.1) is 0 Å². The summed E-state index contributed by atoms with van der Waals surface area (Å²) < 4.78 is 1.12. The molecule has 0 radical (unpaired) electrons. The van der Waals surface area contributed by atoms with Crippen LogP contribution in [0.5, 0.6) is 0 Å². The zero-order chi connectivity index (χ0) is 25.8. The van der Waals surface area contributed by atoms with Gasteiger partial charge in [0.25, 0.3) is 0 Å². The van der Waals surface area contributed by atoms with Crippen LogP contribution in [0.15, 0.2) is 53.0 Å². The molecular formula is C33H48BrNO. The lowest BCUT2D eigenvalue weighted by Crippen LogP contribution is -2.39. The van der Waals surface area contributed by atoms with E-state index < -0.39 is 6.10 Å². The summed E-state index contributed by atoms with van der Waals surface area (Å²) in [5.41, 5.74) is 1.03. The molecule has 3 heteroatoms. The van der Waals surface area contributed by atoms with Gasteiger partial charge in [-0.05, 0) is 72.1 Å². The molecule has 36 heavy (non-hydrogen) atoms. The van der Waals surface area contributed by atoms with Gasteiger partial charge >= 0.3 is 0 Å². The van der Waals surface area contributed by atoms with E-state index in [1.807, 2.05) is 0 Å². The molecule has 0 saturated carbocycles. The van der Waals surface area contributed by atoms with E-state index in [0.29, 0.717) is 0 Å². The van der Waals surface area contributed by atoms with Gasteiger partial charge in [0.1, 0.15) is 0 Å². The van der Waals surface area contributed by atoms with Gasteiger partial charge in [0.2, 0.25) is 0 Å². The normalized spacial score (nSPS) is 13.6. The molecule has 2 atom stereocenters. The lowest BCUT2D eigenvalue weighted by Gasteiger charge is -2.33. The standard InChI is InChI=1S/C33H48BrNO/c1-4-6-8-10-12-16-22-35(23-17-13-11-9-7-5-2)26(3)33(36)28-21-20-27-25-32(34)30-19-15-14-18-29(30)31(27)24-28/h14-15,18-21,24-26,33,36H,4-13,16-17,22-23H2,1-3H3/t26-,33+/m1/s1. The zero-order valence-corrected chi connectivity index (χ0v) is 24.5. The van der Waals surface area contributed by atoms with E-state index in [1.165, 1.54) is 98.6 Å². The number of hydrogen-bond acceptors (Lipinski definition) is 2. The molecule has 1 N–H and O–H groups in total. The van der Waals surface area contributed by atoms with Crippen molar-refractivity contribution in [1.82, 2.24) is 4.90 Å². The average Bonchev–Trinajstić information content (AvgIpc) is 2.90. The van der Waals surface area contributed by atoms with Crippen LogP contribution in [0.3, 0.4) is 0 Å². The molecule has 0 amide bonds. The molecule has 198 valence electrons. The van der Waals surface area contributed by atoms with Crippen LogP contribution in [0.4, 0.5) is 0 Å². The van der Waals surface area contributed by atoms with Crippen LogP contribution >= 0.6 is 15.9 Å². The third kappa shape index (κ3) is 8.30. The van der Waals surface area contributed by atoms with Gasteiger partial charge in [-0.2, -0.15) is 0 Å². The van der Waals surface area contributed by atoms with E-state index in [2.05, 4.69) is 90.1 Å². The molecule has 3 aromatic carbocycles. The summed E-state index contributed by atoms with van der Waals surface area (Å²) in [7, 11) is 0. The van der Waals surface area contributed by atoms with Crippen molar-refractivity contribution in [2.45, 2.75) is 110 Å². The highest BCUT2D eigenvalue weighted by Crippen LogP contribution is 2.34. The number of hydrogen-bond donors (Lipinski definition) is 1. The average molecular weight is 555 g/mol. The van der Waals surface area contributed by atoms with Gasteiger partial charge in [-0.3, -0.25) is 4.90 Å². The lowest BCUT2D eigenvalue weighted by molar-refractivity contribution is 0.0555. The van der Waals surface area contributed by atoms with E-state index in [-0.39, 0.29) is 6.04 Å². The first-order chi connectivity index (χ1) is 17.6. The van der Waals surface area contributed by atoms with Crippen LogP contribution in [-0.4, -0.2) is 29.1 Å². The minimum absolute atomic E-state index is 0.107. The zero-order valence-electron chi connectivity index (χ0n) is 22.9. The minimum Gasteiger partial charge on any atom is -0.387 e. The second kappa shape index (κ2) is 15.7. The summed E-state index contributed by atoms with van der Waals surface area (Å²) in [5, 5.41) is 16.4.